The van der Waals surface area contributed by atoms with Gasteiger partial charge in [-0.2, -0.15) is 5.10 Å². The lowest BCUT2D eigenvalue weighted by Crippen LogP contribution is -2.00. The van der Waals surface area contributed by atoms with Gasteiger partial charge in [-0.15, -0.1) is 11.6 Å². The maximum atomic E-state index is 12.8. The molecule has 0 aliphatic heterocycles. The van der Waals surface area contributed by atoms with Crippen molar-refractivity contribution in [1.82, 2.24) is 14.8 Å². The third kappa shape index (κ3) is 5.13. The maximum Gasteiger partial charge on any atom is 0.185 e. The maximum absolute atomic E-state index is 12.8. The number of phenolic OH excluding ortho intramolecular Hbond substituents is 1. The van der Waals surface area contributed by atoms with Gasteiger partial charge < -0.3 is 5.11 Å². The molecule has 0 fully saturated rings. The lowest BCUT2D eigenvalue weighted by Gasteiger charge is -2.04. The van der Waals surface area contributed by atoms with E-state index >= 15 is 0 Å². The number of carbonyl (C=O) groups excluding carboxylic acids is 1. The van der Waals surface area contributed by atoms with Crippen LogP contribution in [0.2, 0.25) is 0 Å². The van der Waals surface area contributed by atoms with E-state index in [1.165, 1.54) is 12.1 Å². The predicted molar refractivity (Wildman–Crippen MR) is 127 cm³/mol. The van der Waals surface area contributed by atoms with E-state index in [-0.39, 0.29) is 11.5 Å². The molecule has 4 rings (SSSR count). The minimum absolute atomic E-state index is 0.146. The summed E-state index contributed by atoms with van der Waals surface area (Å²) in [6, 6.07) is 18.7. The van der Waals surface area contributed by atoms with Gasteiger partial charge in [-0.1, -0.05) is 30.3 Å². The van der Waals surface area contributed by atoms with Crippen molar-refractivity contribution in [2.24, 2.45) is 0 Å². The van der Waals surface area contributed by atoms with E-state index in [1.54, 1.807) is 30.6 Å². The second-order valence-corrected chi connectivity index (χ2v) is 7.72. The Morgan fingerprint density at radius 2 is 1.94 bits per heavy atom. The van der Waals surface area contributed by atoms with Crippen LogP contribution < -0.4 is 0 Å². The first-order valence-corrected chi connectivity index (χ1v) is 10.8. The monoisotopic (exact) mass is 443 g/mol. The number of aromatic nitrogens is 3. The Hall–Kier alpha value is -3.70. The van der Waals surface area contributed by atoms with Crippen LogP contribution in [0.5, 0.6) is 5.75 Å². The number of aromatic hydroxyl groups is 1. The average molecular weight is 444 g/mol. The zero-order chi connectivity index (χ0) is 22.3. The smallest absolute Gasteiger partial charge is 0.185 e. The first-order chi connectivity index (χ1) is 15.6. The molecule has 0 amide bonds. The zero-order valence-electron chi connectivity index (χ0n) is 17.4. The van der Waals surface area contributed by atoms with Gasteiger partial charge in [-0.05, 0) is 60.0 Å². The van der Waals surface area contributed by atoms with E-state index in [4.69, 9.17) is 16.7 Å². The van der Waals surface area contributed by atoms with Gasteiger partial charge in [0.1, 0.15) is 11.4 Å². The molecule has 0 spiro atoms. The molecule has 0 bridgehead atoms. The largest absolute Gasteiger partial charge is 0.508 e. The number of carbonyl (C=O) groups is 1. The lowest BCUT2D eigenvalue weighted by molar-refractivity contribution is 0.104. The molecule has 4 aromatic rings. The zero-order valence-corrected chi connectivity index (χ0v) is 18.1. The number of halogens is 1. The summed E-state index contributed by atoms with van der Waals surface area (Å²) < 4.78 is 1.86. The topological polar surface area (TPSA) is 68.0 Å². The van der Waals surface area contributed by atoms with Crippen LogP contribution >= 0.6 is 11.6 Å². The molecule has 0 saturated heterocycles. The molecule has 0 radical (unpaired) electrons. The van der Waals surface area contributed by atoms with E-state index in [9.17, 15) is 9.90 Å². The molecule has 2 aromatic heterocycles. The van der Waals surface area contributed by atoms with E-state index in [2.05, 4.69) is 4.98 Å². The molecule has 0 atom stereocenters. The van der Waals surface area contributed by atoms with Gasteiger partial charge in [0.2, 0.25) is 0 Å². The van der Waals surface area contributed by atoms with Crippen LogP contribution in [0, 0.1) is 0 Å². The average Bonchev–Trinajstić information content (AvgIpc) is 3.23. The van der Waals surface area contributed by atoms with Gasteiger partial charge in [-0.25, -0.2) is 0 Å². The van der Waals surface area contributed by atoms with Crippen molar-refractivity contribution in [1.29, 1.82) is 0 Å². The quantitative estimate of drug-likeness (QED) is 0.225. The number of allylic oxidation sites excluding steroid dienone is 1. The highest BCUT2D eigenvalue weighted by Crippen LogP contribution is 2.24. The van der Waals surface area contributed by atoms with Crippen LogP contribution in [0.25, 0.3) is 17.3 Å². The Bertz CT molecular complexity index is 1230. The molecule has 0 aliphatic carbocycles. The summed E-state index contributed by atoms with van der Waals surface area (Å²) in [4.78, 5) is 17.0. The fourth-order valence-electron chi connectivity index (χ4n) is 3.44. The van der Waals surface area contributed by atoms with E-state index in [0.717, 1.165) is 22.4 Å². The molecule has 2 heterocycles. The SMILES string of the molecule is O=C(/C=C/c1cn(Cc2ccccc2)nc1-c1cccnc1)c1ccc(O)c(CCCl)c1. The molecule has 0 unspecified atom stereocenters. The molecule has 1 N–H and O–H groups in total. The fraction of sp³-hybridized carbons (Fsp3) is 0.115. The Morgan fingerprint density at radius 1 is 1.09 bits per heavy atom. The predicted octanol–water partition coefficient (Wildman–Crippen LogP) is 5.38. The highest BCUT2D eigenvalue weighted by molar-refractivity contribution is 6.18. The molecule has 0 aliphatic rings. The van der Waals surface area contributed by atoms with Gasteiger partial charge in [0, 0.05) is 41.2 Å². The normalized spacial score (nSPS) is 11.2. The minimum Gasteiger partial charge on any atom is -0.508 e. The fourth-order valence-corrected chi connectivity index (χ4v) is 3.64. The van der Waals surface area contributed by atoms with Gasteiger partial charge in [0.25, 0.3) is 0 Å². The molecule has 5 nitrogen and oxygen atoms in total. The molecule has 6 heteroatoms. The second kappa shape index (κ2) is 10.1. The number of rotatable bonds is 8. The molecular formula is C26H22ClN3O2. The molecular weight excluding hydrogens is 422 g/mol. The number of ketones is 1. The summed E-state index contributed by atoms with van der Waals surface area (Å²) in [5.74, 6) is 0.358. The summed E-state index contributed by atoms with van der Waals surface area (Å²) in [7, 11) is 0. The Kier molecular flexibility index (Phi) is 6.78. The first-order valence-electron chi connectivity index (χ1n) is 10.3. The van der Waals surface area contributed by atoms with Crippen molar-refractivity contribution in [3.63, 3.8) is 0 Å². The lowest BCUT2D eigenvalue weighted by atomic mass is 10.0. The van der Waals surface area contributed by atoms with Gasteiger partial charge >= 0.3 is 0 Å². The van der Waals surface area contributed by atoms with Crippen LogP contribution in [0.3, 0.4) is 0 Å². The van der Waals surface area contributed by atoms with E-state index in [0.29, 0.717) is 30.0 Å². The Labute approximate surface area is 191 Å². The Morgan fingerprint density at radius 3 is 2.69 bits per heavy atom. The summed E-state index contributed by atoms with van der Waals surface area (Å²) in [5.41, 5.74) is 4.74. The number of alkyl halides is 1. The second-order valence-electron chi connectivity index (χ2n) is 7.34. The molecule has 2 aromatic carbocycles. The molecule has 0 saturated carbocycles. The van der Waals surface area contributed by atoms with Crippen LogP contribution in [0.15, 0.2) is 85.3 Å². The number of phenols is 1. The standard InChI is InChI=1S/C26H22ClN3O2/c27-13-12-21-15-20(8-10-25(21)32)24(31)11-9-23-18-30(17-19-5-2-1-3-6-19)29-26(23)22-7-4-14-28-16-22/h1-11,14-16,18,32H,12-13,17H2/b11-9+. The highest BCUT2D eigenvalue weighted by atomic mass is 35.5. The van der Waals surface area contributed by atoms with Crippen molar-refractivity contribution in [2.75, 3.05) is 5.88 Å². The van der Waals surface area contributed by atoms with Gasteiger partial charge in [0.15, 0.2) is 5.78 Å². The van der Waals surface area contributed by atoms with Crippen LogP contribution in [-0.2, 0) is 13.0 Å². The summed E-state index contributed by atoms with van der Waals surface area (Å²) in [5, 5.41) is 14.7. The van der Waals surface area contributed by atoms with Crippen molar-refractivity contribution in [3.05, 3.63) is 108 Å². The van der Waals surface area contributed by atoms with Gasteiger partial charge in [0.05, 0.1) is 6.54 Å². The van der Waals surface area contributed by atoms with Crippen molar-refractivity contribution in [2.45, 2.75) is 13.0 Å². The minimum atomic E-state index is -0.159. The Balaban J connectivity index is 1.64. The van der Waals surface area contributed by atoms with Crippen molar-refractivity contribution < 1.29 is 9.90 Å². The molecule has 32 heavy (non-hydrogen) atoms. The van der Waals surface area contributed by atoms with Crippen molar-refractivity contribution >= 4 is 23.5 Å². The van der Waals surface area contributed by atoms with Gasteiger partial charge in [-0.3, -0.25) is 14.5 Å². The van der Waals surface area contributed by atoms with E-state index < -0.39 is 0 Å². The molecule has 160 valence electrons. The number of aryl methyl sites for hydroxylation is 1. The summed E-state index contributed by atoms with van der Waals surface area (Å²) >= 11 is 5.79. The first kappa shape index (κ1) is 21.5. The number of hydrogen-bond donors (Lipinski definition) is 1. The van der Waals surface area contributed by atoms with Crippen LogP contribution in [0.4, 0.5) is 0 Å². The van der Waals surface area contributed by atoms with Crippen LogP contribution in [0.1, 0.15) is 27.0 Å². The van der Waals surface area contributed by atoms with E-state index in [1.807, 2.05) is 53.3 Å². The third-order valence-corrected chi connectivity index (χ3v) is 5.24. The number of benzene rings is 2. The highest BCUT2D eigenvalue weighted by Gasteiger charge is 2.12. The number of hydrogen-bond acceptors (Lipinski definition) is 4. The van der Waals surface area contributed by atoms with Crippen molar-refractivity contribution in [3.8, 4) is 17.0 Å². The third-order valence-electron chi connectivity index (χ3n) is 5.05. The van der Waals surface area contributed by atoms with Crippen LogP contribution in [-0.4, -0.2) is 31.5 Å². The summed E-state index contributed by atoms with van der Waals surface area (Å²) in [6.07, 6.45) is 9.19. The number of pyridine rings is 1. The summed E-state index contributed by atoms with van der Waals surface area (Å²) in [6.45, 7) is 0.621. The number of nitrogens with zero attached hydrogens (tertiary/aromatic N) is 3.